The zero-order valence-electron chi connectivity index (χ0n) is 13.7. The average Bonchev–Trinajstić information content (AvgIpc) is 2.60. The molecule has 0 aliphatic heterocycles. The van der Waals surface area contributed by atoms with Gasteiger partial charge in [-0.1, -0.05) is 13.8 Å². The molecule has 2 aromatic heterocycles. The Balaban J connectivity index is 2.10. The van der Waals surface area contributed by atoms with E-state index >= 15 is 0 Å². The molecule has 0 radical (unpaired) electrons. The van der Waals surface area contributed by atoms with E-state index in [-0.39, 0.29) is 23.2 Å². The van der Waals surface area contributed by atoms with Crippen LogP contribution in [-0.2, 0) is 4.79 Å². The van der Waals surface area contributed by atoms with Crippen molar-refractivity contribution in [2.24, 2.45) is 0 Å². The number of hydrogen-bond donors (Lipinski definition) is 3. The van der Waals surface area contributed by atoms with Crippen LogP contribution in [0.3, 0.4) is 0 Å². The van der Waals surface area contributed by atoms with E-state index in [1.807, 2.05) is 13.8 Å². The highest BCUT2D eigenvalue weighted by Crippen LogP contribution is 2.19. The molecule has 2 rings (SSSR count). The molecular formula is C17H21N5O2. The zero-order chi connectivity index (χ0) is 17.5. The summed E-state index contributed by atoms with van der Waals surface area (Å²) in [6.45, 7) is 4.07. The first kappa shape index (κ1) is 17.4. The van der Waals surface area contributed by atoms with Crippen LogP contribution < -0.4 is 15.8 Å². The van der Waals surface area contributed by atoms with Crippen molar-refractivity contribution in [2.75, 3.05) is 11.1 Å². The second-order valence-corrected chi connectivity index (χ2v) is 5.20. The molecule has 0 unspecified atom stereocenters. The van der Waals surface area contributed by atoms with Gasteiger partial charge in [0, 0.05) is 29.7 Å². The lowest BCUT2D eigenvalue weighted by atomic mass is 10.1. The second-order valence-electron chi connectivity index (χ2n) is 5.20. The molecule has 0 aromatic carbocycles. The molecule has 0 spiro atoms. The van der Waals surface area contributed by atoms with Crippen LogP contribution >= 0.6 is 0 Å². The quantitative estimate of drug-likeness (QED) is 0.676. The average molecular weight is 327 g/mol. The van der Waals surface area contributed by atoms with Gasteiger partial charge in [-0.2, -0.15) is 4.98 Å². The monoisotopic (exact) mass is 327 g/mol. The maximum Gasteiger partial charge on any atom is 0.274 e. The second kappa shape index (κ2) is 8.05. The fourth-order valence-corrected chi connectivity index (χ4v) is 2.11. The molecule has 0 saturated carbocycles. The fraction of sp³-hybridized carbons (Fsp3) is 0.294. The number of rotatable bonds is 7. The number of amides is 1. The minimum atomic E-state index is -0.566. The van der Waals surface area contributed by atoms with Crippen LogP contribution in [-0.4, -0.2) is 27.7 Å². The van der Waals surface area contributed by atoms with Gasteiger partial charge in [0.15, 0.2) is 0 Å². The van der Waals surface area contributed by atoms with Crippen LogP contribution in [0, 0.1) is 5.41 Å². The first-order chi connectivity index (χ1) is 11.5. The highest BCUT2D eigenvalue weighted by Gasteiger charge is 2.17. The Morgan fingerprint density at radius 2 is 1.92 bits per heavy atom. The summed E-state index contributed by atoms with van der Waals surface area (Å²) in [6, 6.07) is 6.48. The van der Waals surface area contributed by atoms with Crippen molar-refractivity contribution in [2.45, 2.75) is 32.8 Å². The summed E-state index contributed by atoms with van der Waals surface area (Å²) in [6.07, 6.45) is 4.91. The summed E-state index contributed by atoms with van der Waals surface area (Å²) in [4.78, 5) is 20.2. The van der Waals surface area contributed by atoms with Crippen molar-refractivity contribution >= 4 is 23.1 Å². The van der Waals surface area contributed by atoms with Crippen molar-refractivity contribution in [1.29, 1.82) is 5.41 Å². The molecule has 0 aliphatic carbocycles. The number of pyridine rings is 2. The Morgan fingerprint density at radius 3 is 2.50 bits per heavy atom. The first-order valence-electron chi connectivity index (χ1n) is 7.78. The minimum Gasteiger partial charge on any atom is -0.474 e. The maximum absolute atomic E-state index is 12.1. The van der Waals surface area contributed by atoms with E-state index in [0.29, 0.717) is 11.6 Å². The number of ether oxygens (including phenoxy) is 1. The molecule has 7 nitrogen and oxygen atoms in total. The Morgan fingerprint density at radius 1 is 1.25 bits per heavy atom. The topological polar surface area (TPSA) is 114 Å². The number of nitrogens with two attached hydrogens (primary N) is 1. The number of nitrogens with zero attached hydrogens (tertiary/aromatic N) is 2. The molecule has 0 atom stereocenters. The Labute approximate surface area is 140 Å². The molecule has 4 N–H and O–H groups in total. The maximum atomic E-state index is 12.1. The summed E-state index contributed by atoms with van der Waals surface area (Å²) in [5, 5.41) is 10.6. The van der Waals surface area contributed by atoms with Crippen molar-refractivity contribution in [3.05, 3.63) is 42.2 Å². The van der Waals surface area contributed by atoms with Crippen molar-refractivity contribution in [1.82, 2.24) is 9.97 Å². The molecular weight excluding hydrogens is 306 g/mol. The third-order valence-corrected chi connectivity index (χ3v) is 3.53. The molecule has 0 aliphatic rings. The zero-order valence-corrected chi connectivity index (χ0v) is 13.7. The number of aromatic nitrogens is 2. The molecule has 0 bridgehead atoms. The first-order valence-corrected chi connectivity index (χ1v) is 7.78. The Kier molecular flexibility index (Phi) is 5.83. The fourth-order valence-electron chi connectivity index (χ4n) is 2.11. The van der Waals surface area contributed by atoms with E-state index < -0.39 is 5.91 Å². The third kappa shape index (κ3) is 4.28. The molecule has 126 valence electrons. The third-order valence-electron chi connectivity index (χ3n) is 3.53. The molecule has 0 saturated heterocycles. The van der Waals surface area contributed by atoms with Gasteiger partial charge in [0.05, 0.1) is 6.10 Å². The van der Waals surface area contributed by atoms with Crippen LogP contribution in [0.15, 0.2) is 36.7 Å². The number of hydrogen-bond acceptors (Lipinski definition) is 6. The summed E-state index contributed by atoms with van der Waals surface area (Å²) in [5.74, 6) is -0.0796. The van der Waals surface area contributed by atoms with E-state index in [1.165, 1.54) is 0 Å². The van der Waals surface area contributed by atoms with Crippen LogP contribution in [0.1, 0.15) is 32.3 Å². The summed E-state index contributed by atoms with van der Waals surface area (Å²) < 4.78 is 5.72. The lowest BCUT2D eigenvalue weighted by Crippen LogP contribution is -2.24. The van der Waals surface area contributed by atoms with Crippen LogP contribution in [0.2, 0.25) is 0 Å². The van der Waals surface area contributed by atoms with E-state index in [2.05, 4.69) is 15.3 Å². The highest BCUT2D eigenvalue weighted by molar-refractivity contribution is 6.48. The highest BCUT2D eigenvalue weighted by atomic mass is 16.5. The Hall–Kier alpha value is -2.96. The van der Waals surface area contributed by atoms with Gasteiger partial charge in [0.1, 0.15) is 11.5 Å². The van der Waals surface area contributed by atoms with Crippen LogP contribution in [0.25, 0.3) is 0 Å². The van der Waals surface area contributed by atoms with Gasteiger partial charge in [-0.15, -0.1) is 0 Å². The van der Waals surface area contributed by atoms with Gasteiger partial charge < -0.3 is 15.8 Å². The summed E-state index contributed by atoms with van der Waals surface area (Å²) in [5.41, 5.74) is 6.45. The van der Waals surface area contributed by atoms with Crippen molar-refractivity contribution in [3.63, 3.8) is 0 Å². The van der Waals surface area contributed by atoms with Crippen molar-refractivity contribution < 1.29 is 9.53 Å². The number of nitrogens with one attached hydrogen (secondary N) is 2. The summed E-state index contributed by atoms with van der Waals surface area (Å²) >= 11 is 0. The Bertz CT molecular complexity index is 714. The largest absolute Gasteiger partial charge is 0.474 e. The molecule has 2 heterocycles. The van der Waals surface area contributed by atoms with Gasteiger partial charge in [-0.05, 0) is 31.0 Å². The van der Waals surface area contributed by atoms with Crippen LogP contribution in [0.4, 0.5) is 11.5 Å². The van der Waals surface area contributed by atoms with E-state index in [4.69, 9.17) is 15.9 Å². The van der Waals surface area contributed by atoms with Gasteiger partial charge in [0.2, 0.25) is 5.88 Å². The smallest absolute Gasteiger partial charge is 0.274 e. The van der Waals surface area contributed by atoms with E-state index in [9.17, 15) is 4.79 Å². The lowest BCUT2D eigenvalue weighted by molar-refractivity contribution is -0.110. The van der Waals surface area contributed by atoms with Crippen molar-refractivity contribution in [3.8, 4) is 5.88 Å². The minimum absolute atomic E-state index is 0.0668. The number of nitrogen functional groups attached to an aromatic ring is 1. The van der Waals surface area contributed by atoms with E-state index in [0.717, 1.165) is 12.8 Å². The predicted octanol–water partition coefficient (Wildman–Crippen LogP) is 2.63. The summed E-state index contributed by atoms with van der Waals surface area (Å²) in [7, 11) is 0. The van der Waals surface area contributed by atoms with Gasteiger partial charge in [-0.3, -0.25) is 15.2 Å². The normalized spacial score (nSPS) is 10.5. The standard InChI is InChI=1S/C17H21N5O2/c1-3-12(4-2)24-14-6-5-13(16(19)22-14)15(18)17(23)21-11-7-9-20-10-8-11/h5-10,12,18H,3-4H2,1-2H3,(H2,19,22)(H,20,21,23). The number of carbonyl (C=O) groups excluding carboxylic acids is 1. The molecule has 0 fully saturated rings. The van der Waals surface area contributed by atoms with Gasteiger partial charge in [0.25, 0.3) is 5.91 Å². The van der Waals surface area contributed by atoms with Crippen LogP contribution in [0.5, 0.6) is 5.88 Å². The van der Waals surface area contributed by atoms with E-state index in [1.54, 1.807) is 36.7 Å². The predicted molar refractivity (Wildman–Crippen MR) is 93.3 cm³/mol. The lowest BCUT2D eigenvalue weighted by Gasteiger charge is -2.15. The SMILES string of the molecule is CCC(CC)Oc1ccc(C(=N)C(=O)Nc2ccncc2)c(N)n1. The molecule has 24 heavy (non-hydrogen) atoms. The molecule has 1 amide bonds. The van der Waals surface area contributed by atoms with Gasteiger partial charge in [-0.25, -0.2) is 0 Å². The molecule has 2 aromatic rings. The molecule has 7 heteroatoms. The number of anilines is 2. The van der Waals surface area contributed by atoms with Gasteiger partial charge >= 0.3 is 0 Å². The number of carbonyl (C=O) groups is 1.